The predicted molar refractivity (Wildman–Crippen MR) is 61.9 cm³/mol. The quantitative estimate of drug-likeness (QED) is 0.814. The van der Waals surface area contributed by atoms with E-state index >= 15 is 0 Å². The molecule has 2 nitrogen and oxygen atoms in total. The van der Waals surface area contributed by atoms with E-state index in [1.54, 1.807) is 0 Å². The second-order valence-electron chi connectivity index (χ2n) is 3.66. The van der Waals surface area contributed by atoms with Crippen molar-refractivity contribution >= 4 is 11.8 Å². The van der Waals surface area contributed by atoms with Crippen molar-refractivity contribution in [2.75, 3.05) is 0 Å². The van der Waals surface area contributed by atoms with Gasteiger partial charge in [-0.25, -0.2) is 0 Å². The van der Waals surface area contributed by atoms with Gasteiger partial charge in [-0.15, -0.1) is 0 Å². The van der Waals surface area contributed by atoms with Crippen molar-refractivity contribution in [3.63, 3.8) is 0 Å². The summed E-state index contributed by atoms with van der Waals surface area (Å²) in [4.78, 5) is 0.0388. The van der Waals surface area contributed by atoms with Crippen LogP contribution in [0.15, 0.2) is 23.1 Å². The van der Waals surface area contributed by atoms with Gasteiger partial charge in [-0.2, -0.15) is 13.2 Å². The Hall–Kier alpha value is -0.880. The van der Waals surface area contributed by atoms with Gasteiger partial charge in [0, 0.05) is 16.5 Å². The Morgan fingerprint density at radius 3 is 2.59 bits per heavy atom. The Kier molecular flexibility index (Phi) is 4.70. The minimum Gasteiger partial charge on any atom is -0.508 e. The van der Waals surface area contributed by atoms with Gasteiger partial charge in [-0.1, -0.05) is 13.3 Å². The van der Waals surface area contributed by atoms with Gasteiger partial charge in [0.25, 0.3) is 0 Å². The van der Waals surface area contributed by atoms with Gasteiger partial charge >= 0.3 is 5.51 Å². The smallest absolute Gasteiger partial charge is 0.446 e. The summed E-state index contributed by atoms with van der Waals surface area (Å²) in [5.41, 5.74) is 1.82. The molecule has 1 atom stereocenters. The van der Waals surface area contributed by atoms with Crippen molar-refractivity contribution < 1.29 is 18.3 Å². The minimum absolute atomic E-state index is 0.0388. The minimum atomic E-state index is -4.33. The van der Waals surface area contributed by atoms with Crippen molar-refractivity contribution in [3.05, 3.63) is 23.8 Å². The summed E-state index contributed by atoms with van der Waals surface area (Å²) in [7, 11) is 0. The van der Waals surface area contributed by atoms with Crippen molar-refractivity contribution in [2.24, 2.45) is 5.73 Å². The monoisotopic (exact) mass is 265 g/mol. The molecule has 3 N–H and O–H groups in total. The number of phenolic OH excluding ortho intramolecular Hbond substituents is 1. The third-order valence-electron chi connectivity index (χ3n) is 2.23. The number of nitrogens with two attached hydrogens (primary N) is 1. The molecular weight excluding hydrogens is 251 g/mol. The Bertz CT molecular complexity index is 381. The molecular formula is C11H14F3NOS. The number of hydrogen-bond acceptors (Lipinski definition) is 3. The van der Waals surface area contributed by atoms with E-state index in [2.05, 4.69) is 0 Å². The first-order valence-corrected chi connectivity index (χ1v) is 5.99. The van der Waals surface area contributed by atoms with Crippen LogP contribution in [-0.2, 0) is 0 Å². The first-order chi connectivity index (χ1) is 7.83. The lowest BCUT2D eigenvalue weighted by molar-refractivity contribution is -0.0328. The third-order valence-corrected chi connectivity index (χ3v) is 2.95. The Morgan fingerprint density at radius 1 is 1.41 bits per heavy atom. The summed E-state index contributed by atoms with van der Waals surface area (Å²) in [6.07, 6.45) is 1.42. The van der Waals surface area contributed by atoms with Gasteiger partial charge in [-0.3, -0.25) is 0 Å². The zero-order valence-corrected chi connectivity index (χ0v) is 10.1. The molecule has 0 unspecified atom stereocenters. The first-order valence-electron chi connectivity index (χ1n) is 5.17. The van der Waals surface area contributed by atoms with Gasteiger partial charge in [0.05, 0.1) is 0 Å². The maximum absolute atomic E-state index is 12.2. The Labute approximate surface area is 102 Å². The van der Waals surface area contributed by atoms with Gasteiger partial charge < -0.3 is 10.8 Å². The molecule has 1 aromatic rings. The van der Waals surface area contributed by atoms with Crippen LogP contribution in [0.5, 0.6) is 5.75 Å². The molecule has 0 radical (unpaired) electrons. The zero-order valence-electron chi connectivity index (χ0n) is 9.29. The Morgan fingerprint density at radius 2 is 2.06 bits per heavy atom. The highest BCUT2D eigenvalue weighted by atomic mass is 32.2. The summed E-state index contributed by atoms with van der Waals surface area (Å²) < 4.78 is 36.6. The SMILES string of the molecule is CCC[C@H](N)c1cc(SC(F)(F)F)ccc1O. The first kappa shape index (κ1) is 14.2. The summed E-state index contributed by atoms with van der Waals surface area (Å²) in [5, 5.41) is 9.56. The van der Waals surface area contributed by atoms with Crippen LogP contribution in [0.25, 0.3) is 0 Å². The van der Waals surface area contributed by atoms with Crippen molar-refractivity contribution in [1.29, 1.82) is 0 Å². The van der Waals surface area contributed by atoms with E-state index in [-0.39, 0.29) is 22.4 Å². The molecule has 0 spiro atoms. The maximum atomic E-state index is 12.2. The highest BCUT2D eigenvalue weighted by Crippen LogP contribution is 2.39. The molecule has 6 heteroatoms. The molecule has 0 aliphatic rings. The molecule has 1 rings (SSSR count). The number of benzene rings is 1. The zero-order chi connectivity index (χ0) is 13.1. The van der Waals surface area contributed by atoms with Crippen molar-refractivity contribution in [2.45, 2.75) is 36.2 Å². The molecule has 0 aliphatic carbocycles. The average molecular weight is 265 g/mol. The molecule has 0 saturated heterocycles. The van der Waals surface area contributed by atoms with Crippen LogP contribution in [0, 0.1) is 0 Å². The second-order valence-corrected chi connectivity index (χ2v) is 4.80. The van der Waals surface area contributed by atoms with E-state index in [0.717, 1.165) is 6.42 Å². The van der Waals surface area contributed by atoms with Gasteiger partial charge in [0.15, 0.2) is 0 Å². The van der Waals surface area contributed by atoms with Gasteiger partial charge in [-0.05, 0) is 36.4 Å². The van der Waals surface area contributed by atoms with Crippen LogP contribution in [0.2, 0.25) is 0 Å². The lowest BCUT2D eigenvalue weighted by Crippen LogP contribution is -2.10. The summed E-state index contributed by atoms with van der Waals surface area (Å²) in [5.74, 6) is -0.0579. The highest BCUT2D eigenvalue weighted by Gasteiger charge is 2.29. The Balaban J connectivity index is 2.94. The van der Waals surface area contributed by atoms with E-state index in [9.17, 15) is 18.3 Å². The number of alkyl halides is 3. The van der Waals surface area contributed by atoms with E-state index in [1.807, 2.05) is 6.92 Å². The standard InChI is InChI=1S/C11H14F3NOS/c1-2-3-9(15)8-6-7(4-5-10(8)16)17-11(12,13)14/h4-6,9,16H,2-3,15H2,1H3/t9-/m0/s1. The molecule has 0 saturated carbocycles. The average Bonchev–Trinajstić information content (AvgIpc) is 2.19. The van der Waals surface area contributed by atoms with Crippen LogP contribution in [0.3, 0.4) is 0 Å². The summed E-state index contributed by atoms with van der Waals surface area (Å²) >= 11 is -0.208. The molecule has 0 aliphatic heterocycles. The number of thioether (sulfide) groups is 1. The van der Waals surface area contributed by atoms with Crippen LogP contribution in [-0.4, -0.2) is 10.6 Å². The fourth-order valence-electron chi connectivity index (χ4n) is 1.49. The van der Waals surface area contributed by atoms with Crippen LogP contribution >= 0.6 is 11.8 Å². The van der Waals surface area contributed by atoms with Crippen LogP contribution in [0.4, 0.5) is 13.2 Å². The lowest BCUT2D eigenvalue weighted by atomic mass is 10.0. The number of hydrogen-bond donors (Lipinski definition) is 2. The maximum Gasteiger partial charge on any atom is 0.446 e. The highest BCUT2D eigenvalue weighted by molar-refractivity contribution is 8.00. The van der Waals surface area contributed by atoms with E-state index in [4.69, 9.17) is 5.73 Å². The van der Waals surface area contributed by atoms with Crippen LogP contribution < -0.4 is 5.73 Å². The molecule has 1 aromatic carbocycles. The fraction of sp³-hybridized carbons (Fsp3) is 0.455. The molecule has 0 fully saturated rings. The summed E-state index contributed by atoms with van der Waals surface area (Å²) in [6.45, 7) is 1.92. The molecule has 0 amide bonds. The van der Waals surface area contributed by atoms with Crippen molar-refractivity contribution in [1.82, 2.24) is 0 Å². The van der Waals surface area contributed by atoms with E-state index in [1.165, 1.54) is 18.2 Å². The third kappa shape index (κ3) is 4.47. The molecule has 0 aromatic heterocycles. The normalized spacial score (nSPS) is 13.7. The largest absolute Gasteiger partial charge is 0.508 e. The van der Waals surface area contributed by atoms with E-state index in [0.29, 0.717) is 12.0 Å². The molecule has 0 heterocycles. The van der Waals surface area contributed by atoms with E-state index < -0.39 is 11.6 Å². The van der Waals surface area contributed by atoms with Crippen LogP contribution in [0.1, 0.15) is 31.4 Å². The second kappa shape index (κ2) is 5.64. The molecule has 17 heavy (non-hydrogen) atoms. The fourth-order valence-corrected chi connectivity index (χ4v) is 2.08. The summed E-state index contributed by atoms with van der Waals surface area (Å²) in [6, 6.07) is 3.34. The predicted octanol–water partition coefficient (Wildman–Crippen LogP) is 3.80. The number of rotatable bonds is 4. The number of phenols is 1. The number of aromatic hydroxyl groups is 1. The lowest BCUT2D eigenvalue weighted by Gasteiger charge is -2.14. The number of halogens is 3. The molecule has 0 bridgehead atoms. The van der Waals surface area contributed by atoms with Gasteiger partial charge in [0.1, 0.15) is 5.75 Å². The molecule has 96 valence electrons. The topological polar surface area (TPSA) is 46.2 Å². The van der Waals surface area contributed by atoms with Crippen molar-refractivity contribution in [3.8, 4) is 5.75 Å². The van der Waals surface area contributed by atoms with Gasteiger partial charge in [0.2, 0.25) is 0 Å².